The molecular weight excluding hydrogens is 597 g/mol. The topological polar surface area (TPSA) is 71.1 Å². The summed E-state index contributed by atoms with van der Waals surface area (Å²) < 4.78 is 63.0. The molecule has 3 aromatic rings. The van der Waals surface area contributed by atoms with Gasteiger partial charge in [0.2, 0.25) is 0 Å². The number of ether oxygens (including phenoxy) is 4. The Labute approximate surface area is 267 Å². The summed E-state index contributed by atoms with van der Waals surface area (Å²) in [6.07, 6.45) is 6.87. The Morgan fingerprint density at radius 1 is 0.587 bits per heavy atom. The molecule has 0 aliphatic heterocycles. The van der Waals surface area contributed by atoms with Gasteiger partial charge in [-0.1, -0.05) is 73.9 Å². The maximum atomic E-state index is 13.9. The fourth-order valence-electron chi connectivity index (χ4n) is 4.05. The molecule has 242 valence electrons. The number of alkyl halides is 3. The van der Waals surface area contributed by atoms with Gasteiger partial charge in [0, 0.05) is 12.2 Å². The van der Waals surface area contributed by atoms with Gasteiger partial charge >= 0.3 is 18.1 Å². The number of carbonyl (C=O) groups excluding carboxylic acids is 2. The number of carbonyl (C=O) groups is 2. The lowest BCUT2D eigenvalue weighted by Gasteiger charge is -2.11. The number of rotatable bonds is 18. The minimum Gasteiger partial charge on any atom is -0.494 e. The molecule has 0 atom stereocenters. The quantitative estimate of drug-likeness (QED) is 0.0603. The first-order chi connectivity index (χ1) is 22.2. The molecule has 0 saturated heterocycles. The predicted molar refractivity (Wildman–Crippen MR) is 174 cm³/mol. The first-order valence-electron chi connectivity index (χ1n) is 14.8. The Morgan fingerprint density at radius 2 is 1.00 bits per heavy atom. The molecule has 3 rings (SSSR count). The van der Waals surface area contributed by atoms with E-state index in [0.717, 1.165) is 29.3 Å². The predicted octanol–water partition coefficient (Wildman–Crippen LogP) is 8.82. The van der Waals surface area contributed by atoms with E-state index < -0.39 is 23.7 Å². The Bertz CT molecular complexity index is 1490. The Morgan fingerprint density at radius 3 is 1.46 bits per heavy atom. The normalized spacial score (nSPS) is 11.4. The Kier molecular flexibility index (Phi) is 14.4. The molecule has 0 aliphatic rings. The summed E-state index contributed by atoms with van der Waals surface area (Å²) >= 11 is 0. The third-order valence-corrected chi connectivity index (χ3v) is 6.50. The monoisotopic (exact) mass is 634 g/mol. The molecule has 6 nitrogen and oxygen atoms in total. The van der Waals surface area contributed by atoms with E-state index >= 15 is 0 Å². The van der Waals surface area contributed by atoms with Gasteiger partial charge in [0.15, 0.2) is 0 Å². The number of unbranched alkanes of at least 4 members (excludes halogenated alkanes) is 2. The van der Waals surface area contributed by atoms with Crippen LogP contribution in [0.5, 0.6) is 11.5 Å². The largest absolute Gasteiger partial charge is 0.494 e. The lowest BCUT2D eigenvalue weighted by atomic mass is 10.0. The molecule has 0 aromatic heterocycles. The number of hydrogen-bond acceptors (Lipinski definition) is 6. The fraction of sp³-hybridized carbons (Fsp3) is 0.243. The van der Waals surface area contributed by atoms with E-state index in [2.05, 4.69) is 13.2 Å². The van der Waals surface area contributed by atoms with Crippen LogP contribution in [0.25, 0.3) is 24.3 Å². The van der Waals surface area contributed by atoms with Crippen molar-refractivity contribution in [1.82, 2.24) is 0 Å². The lowest BCUT2D eigenvalue weighted by molar-refractivity contribution is -0.138. The van der Waals surface area contributed by atoms with E-state index in [-0.39, 0.29) is 5.56 Å². The summed E-state index contributed by atoms with van der Waals surface area (Å²) in [5, 5.41) is 0. The van der Waals surface area contributed by atoms with E-state index in [1.54, 1.807) is 60.7 Å². The first kappa shape index (κ1) is 35.4. The van der Waals surface area contributed by atoms with Gasteiger partial charge in [0.25, 0.3) is 0 Å². The van der Waals surface area contributed by atoms with E-state index in [0.29, 0.717) is 69.2 Å². The van der Waals surface area contributed by atoms with Crippen molar-refractivity contribution in [2.24, 2.45) is 0 Å². The molecular formula is C37H37F3O6. The van der Waals surface area contributed by atoms with Gasteiger partial charge in [-0.05, 0) is 78.3 Å². The Balaban J connectivity index is 1.52. The fourth-order valence-corrected chi connectivity index (χ4v) is 4.05. The molecule has 46 heavy (non-hydrogen) atoms. The van der Waals surface area contributed by atoms with E-state index in [9.17, 15) is 22.8 Å². The molecule has 9 heteroatoms. The average Bonchev–Trinajstić information content (AvgIpc) is 3.06. The zero-order chi connectivity index (χ0) is 33.2. The SMILES string of the molecule is C=CC(=O)OCCCCOc1ccc(/C=C/c2ccc(/C=C/c3ccc(OCCCCOC(=O)C=C)cc3)c(C(F)(F)F)c2)cc1. The average molecular weight is 635 g/mol. The molecule has 0 unspecified atom stereocenters. The van der Waals surface area contributed by atoms with Crippen molar-refractivity contribution >= 4 is 36.2 Å². The molecule has 0 amide bonds. The molecule has 0 N–H and O–H groups in total. The third-order valence-electron chi connectivity index (χ3n) is 6.50. The molecule has 3 aromatic carbocycles. The van der Waals surface area contributed by atoms with Gasteiger partial charge in [-0.3, -0.25) is 0 Å². The van der Waals surface area contributed by atoms with E-state index in [4.69, 9.17) is 18.9 Å². The van der Waals surface area contributed by atoms with Crippen molar-refractivity contribution < 1.29 is 41.7 Å². The summed E-state index contributed by atoms with van der Waals surface area (Å²) in [6.45, 7) is 8.17. The summed E-state index contributed by atoms with van der Waals surface area (Å²) in [4.78, 5) is 22.0. The van der Waals surface area contributed by atoms with Crippen LogP contribution in [0.2, 0.25) is 0 Å². The Hall–Kier alpha value is -5.05. The summed E-state index contributed by atoms with van der Waals surface area (Å²) in [5.74, 6) is 0.392. The van der Waals surface area contributed by atoms with Crippen LogP contribution in [-0.2, 0) is 25.2 Å². The third kappa shape index (κ3) is 12.9. The molecule has 0 saturated carbocycles. The lowest BCUT2D eigenvalue weighted by Crippen LogP contribution is -2.07. The zero-order valence-corrected chi connectivity index (χ0v) is 25.5. The molecule has 0 bridgehead atoms. The van der Waals surface area contributed by atoms with Gasteiger partial charge < -0.3 is 18.9 Å². The van der Waals surface area contributed by atoms with Crippen molar-refractivity contribution in [3.8, 4) is 11.5 Å². The van der Waals surface area contributed by atoms with Crippen molar-refractivity contribution in [2.45, 2.75) is 31.9 Å². The van der Waals surface area contributed by atoms with Gasteiger partial charge in [0.1, 0.15) is 11.5 Å². The van der Waals surface area contributed by atoms with Crippen LogP contribution in [-0.4, -0.2) is 38.4 Å². The second kappa shape index (κ2) is 18.7. The van der Waals surface area contributed by atoms with Crippen LogP contribution in [0.15, 0.2) is 92.0 Å². The van der Waals surface area contributed by atoms with E-state index in [1.165, 1.54) is 12.1 Å². The van der Waals surface area contributed by atoms with Crippen LogP contribution in [0.3, 0.4) is 0 Å². The second-order valence-electron chi connectivity index (χ2n) is 10.0. The molecule has 0 spiro atoms. The van der Waals surface area contributed by atoms with Gasteiger partial charge in [-0.25, -0.2) is 9.59 Å². The van der Waals surface area contributed by atoms with Crippen molar-refractivity contribution in [3.05, 3.63) is 120 Å². The van der Waals surface area contributed by atoms with Crippen LogP contribution in [0.1, 0.15) is 53.5 Å². The van der Waals surface area contributed by atoms with Crippen molar-refractivity contribution in [1.29, 1.82) is 0 Å². The van der Waals surface area contributed by atoms with Gasteiger partial charge in [-0.2, -0.15) is 13.2 Å². The highest BCUT2D eigenvalue weighted by Gasteiger charge is 2.32. The standard InChI is InChI=1S/C37H37F3O6/c1-3-35(41)45-25-7-5-23-43-32-19-13-28(14-20-32)9-10-30-12-18-31(34(27-30)37(38,39)40)17-11-29-15-21-33(22-16-29)44-24-6-8-26-46-36(42)4-2/h3-4,9-22,27H,1-2,5-8,23-26H2/b10-9+,17-11+. The van der Waals surface area contributed by atoms with Crippen LogP contribution in [0.4, 0.5) is 13.2 Å². The van der Waals surface area contributed by atoms with Gasteiger partial charge in [0.05, 0.1) is 32.0 Å². The highest BCUT2D eigenvalue weighted by atomic mass is 19.4. The number of halogens is 3. The minimum absolute atomic E-state index is 0.0579. The summed E-state index contributed by atoms with van der Waals surface area (Å²) in [5.41, 5.74) is 1.28. The van der Waals surface area contributed by atoms with Crippen LogP contribution >= 0.6 is 0 Å². The minimum atomic E-state index is -4.53. The molecule has 0 heterocycles. The summed E-state index contributed by atoms with van der Waals surface area (Å²) in [7, 11) is 0. The zero-order valence-electron chi connectivity index (χ0n) is 25.5. The second-order valence-corrected chi connectivity index (χ2v) is 10.0. The maximum Gasteiger partial charge on any atom is 0.417 e. The van der Waals surface area contributed by atoms with Crippen molar-refractivity contribution in [3.63, 3.8) is 0 Å². The first-order valence-corrected chi connectivity index (χ1v) is 14.8. The van der Waals surface area contributed by atoms with E-state index in [1.807, 2.05) is 12.1 Å². The smallest absolute Gasteiger partial charge is 0.417 e. The maximum absolute atomic E-state index is 13.9. The van der Waals surface area contributed by atoms with Gasteiger partial charge in [-0.15, -0.1) is 0 Å². The number of hydrogen-bond donors (Lipinski definition) is 0. The van der Waals surface area contributed by atoms with Crippen molar-refractivity contribution in [2.75, 3.05) is 26.4 Å². The highest BCUT2D eigenvalue weighted by molar-refractivity contribution is 5.81. The summed E-state index contributed by atoms with van der Waals surface area (Å²) in [6, 6.07) is 18.5. The molecule has 0 fully saturated rings. The van der Waals surface area contributed by atoms with Crippen LogP contribution < -0.4 is 9.47 Å². The molecule has 0 aliphatic carbocycles. The van der Waals surface area contributed by atoms with Crippen LogP contribution in [0, 0.1) is 0 Å². The highest BCUT2D eigenvalue weighted by Crippen LogP contribution is 2.34. The number of esters is 2. The molecule has 0 radical (unpaired) electrons. The number of benzene rings is 3.